The van der Waals surface area contributed by atoms with Gasteiger partial charge in [-0.25, -0.2) is 0 Å². The van der Waals surface area contributed by atoms with E-state index in [1.165, 1.54) is 0 Å². The lowest BCUT2D eigenvalue weighted by molar-refractivity contribution is -0.117. The molecular formula is C26H25N3O5. The number of amides is 1. The van der Waals surface area contributed by atoms with Crippen LogP contribution in [0.3, 0.4) is 0 Å². The van der Waals surface area contributed by atoms with Crippen molar-refractivity contribution in [3.8, 4) is 39.7 Å². The van der Waals surface area contributed by atoms with E-state index in [0.717, 1.165) is 33.5 Å². The van der Waals surface area contributed by atoms with Gasteiger partial charge in [-0.3, -0.25) is 9.78 Å². The smallest absolute Gasteiger partial charge is 0.231 e. The van der Waals surface area contributed by atoms with Gasteiger partial charge in [0.25, 0.3) is 0 Å². The second-order valence-corrected chi connectivity index (χ2v) is 7.95. The average Bonchev–Trinajstić information content (AvgIpc) is 3.43. The third-order valence-corrected chi connectivity index (χ3v) is 6.04. The number of anilines is 1. The Morgan fingerprint density at radius 2 is 1.76 bits per heavy atom. The fraction of sp³-hybridized carbons (Fsp3) is 0.231. The first kappa shape index (κ1) is 21.8. The van der Waals surface area contributed by atoms with E-state index < -0.39 is 0 Å². The standard InChI is InChI=1S/C26H25N3O5/c1-31-22-11-17(12-23(32-2)26(22)33-3)21-14-19-25(34-21)18(6-8-28-19)15-4-5-20-16(10-15)13-24(30)29(20)9-7-27/h4-6,8,10-12,14H,7,9,13,27H2,1-3H3. The Labute approximate surface area is 196 Å². The lowest BCUT2D eigenvalue weighted by Crippen LogP contribution is -2.31. The quantitative estimate of drug-likeness (QED) is 0.445. The normalized spacial score (nSPS) is 12.8. The highest BCUT2D eigenvalue weighted by molar-refractivity contribution is 6.02. The van der Waals surface area contributed by atoms with Gasteiger partial charge in [0.2, 0.25) is 11.7 Å². The molecule has 0 fully saturated rings. The van der Waals surface area contributed by atoms with Crippen LogP contribution in [0, 0.1) is 0 Å². The number of fused-ring (bicyclic) bond motifs is 2. The number of nitrogens with zero attached hydrogens (tertiary/aromatic N) is 2. The number of nitrogens with two attached hydrogens (primary N) is 1. The van der Waals surface area contributed by atoms with Crippen LogP contribution in [0.25, 0.3) is 33.6 Å². The molecule has 1 amide bonds. The molecule has 34 heavy (non-hydrogen) atoms. The number of pyridine rings is 1. The maximum atomic E-state index is 12.4. The minimum Gasteiger partial charge on any atom is -0.493 e. The molecule has 5 rings (SSSR count). The lowest BCUT2D eigenvalue weighted by atomic mass is 10.0. The maximum Gasteiger partial charge on any atom is 0.231 e. The summed E-state index contributed by atoms with van der Waals surface area (Å²) in [6, 6.07) is 13.5. The number of benzene rings is 2. The lowest BCUT2D eigenvalue weighted by Gasteiger charge is -2.16. The highest BCUT2D eigenvalue weighted by Crippen LogP contribution is 2.43. The van der Waals surface area contributed by atoms with Gasteiger partial charge >= 0.3 is 0 Å². The molecule has 0 spiro atoms. The molecule has 2 aromatic carbocycles. The monoisotopic (exact) mass is 459 g/mol. The van der Waals surface area contributed by atoms with Crippen LogP contribution in [0.5, 0.6) is 17.2 Å². The molecule has 0 radical (unpaired) electrons. The fourth-order valence-corrected chi connectivity index (χ4v) is 4.46. The van der Waals surface area contributed by atoms with Gasteiger partial charge in [0.05, 0.1) is 27.8 Å². The number of carbonyl (C=O) groups excluding carboxylic acids is 1. The Morgan fingerprint density at radius 3 is 2.44 bits per heavy atom. The molecule has 0 bridgehead atoms. The first-order chi connectivity index (χ1) is 16.6. The van der Waals surface area contributed by atoms with Crippen LogP contribution in [0.15, 0.2) is 53.1 Å². The molecule has 1 aliphatic rings. The predicted molar refractivity (Wildman–Crippen MR) is 130 cm³/mol. The fourth-order valence-electron chi connectivity index (χ4n) is 4.46. The number of aromatic nitrogens is 1. The number of carbonyl (C=O) groups is 1. The molecule has 0 saturated heterocycles. The van der Waals surface area contributed by atoms with Crippen molar-refractivity contribution in [2.45, 2.75) is 6.42 Å². The van der Waals surface area contributed by atoms with Crippen LogP contribution >= 0.6 is 0 Å². The predicted octanol–water partition coefficient (Wildman–Crippen LogP) is 4.04. The van der Waals surface area contributed by atoms with E-state index in [9.17, 15) is 4.79 Å². The van der Waals surface area contributed by atoms with Crippen molar-refractivity contribution in [3.05, 3.63) is 54.2 Å². The van der Waals surface area contributed by atoms with Crippen LogP contribution < -0.4 is 24.8 Å². The van der Waals surface area contributed by atoms with E-state index >= 15 is 0 Å². The number of methoxy groups -OCH3 is 3. The Morgan fingerprint density at radius 1 is 1.00 bits per heavy atom. The zero-order valence-corrected chi connectivity index (χ0v) is 19.3. The van der Waals surface area contributed by atoms with Crippen molar-refractivity contribution in [2.24, 2.45) is 5.73 Å². The van der Waals surface area contributed by atoms with Gasteiger partial charge in [0.15, 0.2) is 17.1 Å². The van der Waals surface area contributed by atoms with Crippen LogP contribution in [-0.4, -0.2) is 45.3 Å². The van der Waals surface area contributed by atoms with Crippen LogP contribution in [-0.2, 0) is 11.2 Å². The summed E-state index contributed by atoms with van der Waals surface area (Å²) in [5.74, 6) is 2.28. The molecule has 174 valence electrons. The van der Waals surface area contributed by atoms with Crippen LogP contribution in [0.4, 0.5) is 5.69 Å². The Kier molecular flexibility index (Phi) is 5.59. The summed E-state index contributed by atoms with van der Waals surface area (Å²) in [6.07, 6.45) is 2.12. The van der Waals surface area contributed by atoms with E-state index in [-0.39, 0.29) is 5.91 Å². The van der Waals surface area contributed by atoms with Crippen molar-refractivity contribution >= 4 is 22.7 Å². The zero-order valence-electron chi connectivity index (χ0n) is 19.3. The molecule has 0 saturated carbocycles. The van der Waals surface area contributed by atoms with E-state index in [2.05, 4.69) is 4.98 Å². The van der Waals surface area contributed by atoms with E-state index in [0.29, 0.717) is 48.1 Å². The third-order valence-electron chi connectivity index (χ3n) is 6.04. The molecule has 0 unspecified atom stereocenters. The highest BCUT2D eigenvalue weighted by Gasteiger charge is 2.27. The van der Waals surface area contributed by atoms with Gasteiger partial charge in [-0.2, -0.15) is 0 Å². The summed E-state index contributed by atoms with van der Waals surface area (Å²) in [5, 5.41) is 0. The first-order valence-corrected chi connectivity index (χ1v) is 10.9. The molecule has 8 nitrogen and oxygen atoms in total. The minimum atomic E-state index is 0.0696. The zero-order chi connectivity index (χ0) is 23.8. The Bertz CT molecular complexity index is 1370. The largest absolute Gasteiger partial charge is 0.493 e. The summed E-state index contributed by atoms with van der Waals surface area (Å²) in [5.41, 5.74) is 11.6. The second kappa shape index (κ2) is 8.72. The van der Waals surface area contributed by atoms with Gasteiger partial charge in [0, 0.05) is 42.2 Å². The van der Waals surface area contributed by atoms with Crippen LogP contribution in [0.2, 0.25) is 0 Å². The van der Waals surface area contributed by atoms with Gasteiger partial charge in [-0.15, -0.1) is 0 Å². The minimum absolute atomic E-state index is 0.0696. The van der Waals surface area contributed by atoms with E-state index in [4.69, 9.17) is 24.4 Å². The molecule has 8 heteroatoms. The number of hydrogen-bond acceptors (Lipinski definition) is 7. The Balaban J connectivity index is 1.59. The third kappa shape index (κ3) is 3.52. The molecule has 0 aliphatic carbocycles. The highest BCUT2D eigenvalue weighted by atomic mass is 16.5. The van der Waals surface area contributed by atoms with Gasteiger partial charge in [0.1, 0.15) is 11.3 Å². The van der Waals surface area contributed by atoms with Crippen LogP contribution in [0.1, 0.15) is 5.56 Å². The van der Waals surface area contributed by atoms with Crippen molar-refractivity contribution in [2.75, 3.05) is 39.3 Å². The molecule has 2 N–H and O–H groups in total. The van der Waals surface area contributed by atoms with E-state index in [1.54, 1.807) is 32.4 Å². The van der Waals surface area contributed by atoms with E-state index in [1.807, 2.05) is 42.5 Å². The van der Waals surface area contributed by atoms with Gasteiger partial charge < -0.3 is 29.3 Å². The Hall–Kier alpha value is -4.04. The molecule has 4 aromatic rings. The second-order valence-electron chi connectivity index (χ2n) is 7.95. The van der Waals surface area contributed by atoms with Crippen molar-refractivity contribution < 1.29 is 23.4 Å². The molecule has 0 atom stereocenters. The topological polar surface area (TPSA) is 100 Å². The van der Waals surface area contributed by atoms with Gasteiger partial charge in [-0.05, 0) is 41.5 Å². The SMILES string of the molecule is COc1cc(-c2cc3nccc(-c4ccc5c(c4)CC(=O)N5CCN)c3o2)cc(OC)c1OC. The summed E-state index contributed by atoms with van der Waals surface area (Å²) in [6.45, 7) is 0.940. The van der Waals surface area contributed by atoms with Crippen molar-refractivity contribution in [3.63, 3.8) is 0 Å². The number of furan rings is 1. The first-order valence-electron chi connectivity index (χ1n) is 10.9. The van der Waals surface area contributed by atoms with Crippen molar-refractivity contribution in [1.29, 1.82) is 0 Å². The molecule has 3 heterocycles. The number of ether oxygens (including phenoxy) is 3. The number of rotatable bonds is 7. The summed E-state index contributed by atoms with van der Waals surface area (Å²) >= 11 is 0. The average molecular weight is 460 g/mol. The van der Waals surface area contributed by atoms with Crippen molar-refractivity contribution in [1.82, 2.24) is 4.98 Å². The summed E-state index contributed by atoms with van der Waals surface area (Å²) in [4.78, 5) is 18.6. The molecule has 1 aliphatic heterocycles. The summed E-state index contributed by atoms with van der Waals surface area (Å²) < 4.78 is 22.7. The van der Waals surface area contributed by atoms with Gasteiger partial charge in [-0.1, -0.05) is 6.07 Å². The molecule has 2 aromatic heterocycles. The molecular weight excluding hydrogens is 434 g/mol. The number of hydrogen-bond donors (Lipinski definition) is 1. The maximum absolute atomic E-state index is 12.4. The summed E-state index contributed by atoms with van der Waals surface area (Å²) in [7, 11) is 4.72.